The number of aromatic nitrogens is 9. The third-order valence-corrected chi connectivity index (χ3v) is 6.61. The van der Waals surface area contributed by atoms with Gasteiger partial charge in [-0.3, -0.25) is 14.6 Å². The molecular weight excluding hydrogens is 468 g/mol. The van der Waals surface area contributed by atoms with Crippen molar-refractivity contribution in [3.05, 3.63) is 61.2 Å². The summed E-state index contributed by atoms with van der Waals surface area (Å²) < 4.78 is 8.07. The SMILES string of the molecule is Cc1cn(-c2nccc3[nH]c(-c4n[nH]c5ncc(-c6cncc(OC7CCNCC7)c6)cc45)nc23)cn1. The van der Waals surface area contributed by atoms with Gasteiger partial charge >= 0.3 is 0 Å². The minimum atomic E-state index is 0.207. The molecule has 7 heterocycles. The summed E-state index contributed by atoms with van der Waals surface area (Å²) in [7, 11) is 0. The molecular formula is C26H24N10O. The first kappa shape index (κ1) is 21.6. The molecule has 6 aromatic rings. The first-order valence-electron chi connectivity index (χ1n) is 12.2. The zero-order chi connectivity index (χ0) is 24.8. The van der Waals surface area contributed by atoms with E-state index in [1.54, 1.807) is 18.7 Å². The molecule has 11 heteroatoms. The molecule has 3 N–H and O–H groups in total. The molecule has 0 atom stereocenters. The third kappa shape index (κ3) is 3.99. The molecule has 0 saturated carbocycles. The fourth-order valence-electron chi connectivity index (χ4n) is 4.75. The summed E-state index contributed by atoms with van der Waals surface area (Å²) in [5.41, 5.74) is 5.72. The predicted molar refractivity (Wildman–Crippen MR) is 138 cm³/mol. The van der Waals surface area contributed by atoms with Crippen molar-refractivity contribution in [2.24, 2.45) is 0 Å². The number of hydrogen-bond donors (Lipinski definition) is 3. The second-order valence-electron chi connectivity index (χ2n) is 9.21. The summed E-state index contributed by atoms with van der Waals surface area (Å²) in [6.07, 6.45) is 13.0. The van der Waals surface area contributed by atoms with E-state index in [1.807, 2.05) is 42.2 Å². The Labute approximate surface area is 211 Å². The Bertz CT molecular complexity index is 1730. The minimum Gasteiger partial charge on any atom is -0.489 e. The molecule has 1 fully saturated rings. The van der Waals surface area contributed by atoms with Crippen LogP contribution in [-0.2, 0) is 0 Å². The highest BCUT2D eigenvalue weighted by Gasteiger charge is 2.18. The molecule has 7 rings (SSSR count). The van der Waals surface area contributed by atoms with Crippen LogP contribution in [0.5, 0.6) is 5.75 Å². The van der Waals surface area contributed by atoms with Gasteiger partial charge in [0.25, 0.3) is 0 Å². The molecule has 1 saturated heterocycles. The van der Waals surface area contributed by atoms with Crippen LogP contribution in [0.15, 0.2) is 55.5 Å². The maximum absolute atomic E-state index is 6.20. The first-order chi connectivity index (χ1) is 18.2. The van der Waals surface area contributed by atoms with Crippen molar-refractivity contribution in [1.82, 2.24) is 50.0 Å². The molecule has 0 aromatic carbocycles. The van der Waals surface area contributed by atoms with Crippen LogP contribution >= 0.6 is 0 Å². The zero-order valence-corrected chi connectivity index (χ0v) is 20.1. The highest BCUT2D eigenvalue weighted by Crippen LogP contribution is 2.31. The average molecular weight is 493 g/mol. The van der Waals surface area contributed by atoms with E-state index in [4.69, 9.17) is 9.72 Å². The maximum Gasteiger partial charge on any atom is 0.166 e. The Morgan fingerprint density at radius 1 is 1.03 bits per heavy atom. The summed E-state index contributed by atoms with van der Waals surface area (Å²) >= 11 is 0. The molecule has 6 aromatic heterocycles. The van der Waals surface area contributed by atoms with Crippen LogP contribution < -0.4 is 10.1 Å². The van der Waals surface area contributed by atoms with Crippen molar-refractivity contribution in [3.63, 3.8) is 0 Å². The van der Waals surface area contributed by atoms with Gasteiger partial charge in [-0.05, 0) is 51.1 Å². The molecule has 1 aliphatic rings. The first-order valence-corrected chi connectivity index (χ1v) is 12.2. The number of piperidine rings is 1. The van der Waals surface area contributed by atoms with Crippen molar-refractivity contribution >= 4 is 22.1 Å². The molecule has 0 spiro atoms. The Balaban J connectivity index is 1.26. The van der Waals surface area contributed by atoms with E-state index in [-0.39, 0.29) is 6.10 Å². The largest absolute Gasteiger partial charge is 0.489 e. The van der Waals surface area contributed by atoms with E-state index in [0.29, 0.717) is 23.0 Å². The number of rotatable bonds is 5. The second-order valence-corrected chi connectivity index (χ2v) is 9.21. The summed E-state index contributed by atoms with van der Waals surface area (Å²) in [5.74, 6) is 2.10. The number of nitrogens with one attached hydrogen (secondary N) is 3. The lowest BCUT2D eigenvalue weighted by atomic mass is 10.1. The monoisotopic (exact) mass is 492 g/mol. The highest BCUT2D eigenvalue weighted by molar-refractivity contribution is 5.94. The van der Waals surface area contributed by atoms with E-state index in [9.17, 15) is 0 Å². The second kappa shape index (κ2) is 8.79. The van der Waals surface area contributed by atoms with Gasteiger partial charge in [0.15, 0.2) is 17.3 Å². The standard InChI is InChI=1S/C26H24N10O/c1-15-13-36(14-31-15)26-23-21(4-7-29-26)32-25(33-23)22-20-9-17(11-30-24(20)35-34-22)16-8-19(12-28-10-16)37-18-2-5-27-6-3-18/h4,7-14,18,27H,2-3,5-6H2,1H3,(H,32,33)(H,30,34,35). The number of H-pyrrole nitrogens is 2. The number of aryl methyl sites for hydroxylation is 1. The lowest BCUT2D eigenvalue weighted by molar-refractivity contribution is 0.162. The van der Waals surface area contributed by atoms with Crippen LogP contribution in [0.2, 0.25) is 0 Å². The van der Waals surface area contributed by atoms with Crippen LogP contribution in [0, 0.1) is 6.92 Å². The van der Waals surface area contributed by atoms with E-state index in [2.05, 4.69) is 46.5 Å². The predicted octanol–water partition coefficient (Wildman–Crippen LogP) is 3.58. The third-order valence-electron chi connectivity index (χ3n) is 6.61. The zero-order valence-electron chi connectivity index (χ0n) is 20.1. The number of imidazole rings is 2. The summed E-state index contributed by atoms with van der Waals surface area (Å²) in [6.45, 7) is 3.89. The number of hydrogen-bond acceptors (Lipinski definition) is 8. The summed E-state index contributed by atoms with van der Waals surface area (Å²) in [5, 5.41) is 11.8. The molecule has 11 nitrogen and oxygen atoms in total. The lowest BCUT2D eigenvalue weighted by Gasteiger charge is -2.23. The summed E-state index contributed by atoms with van der Waals surface area (Å²) in [4.78, 5) is 26.1. The molecule has 0 radical (unpaired) electrons. The van der Waals surface area contributed by atoms with Crippen molar-refractivity contribution < 1.29 is 4.74 Å². The Hall–Kier alpha value is -4.64. The highest BCUT2D eigenvalue weighted by atomic mass is 16.5. The van der Waals surface area contributed by atoms with Crippen molar-refractivity contribution in [2.75, 3.05) is 13.1 Å². The minimum absolute atomic E-state index is 0.207. The maximum atomic E-state index is 6.20. The van der Waals surface area contributed by atoms with E-state index < -0.39 is 0 Å². The molecule has 1 aliphatic heterocycles. The van der Waals surface area contributed by atoms with Crippen molar-refractivity contribution in [1.29, 1.82) is 0 Å². The Morgan fingerprint density at radius 3 is 2.78 bits per heavy atom. The van der Waals surface area contributed by atoms with Gasteiger partial charge in [-0.15, -0.1) is 0 Å². The van der Waals surface area contributed by atoms with Gasteiger partial charge in [0.1, 0.15) is 29.4 Å². The quantitative estimate of drug-likeness (QED) is 0.332. The number of nitrogens with zero attached hydrogens (tertiary/aromatic N) is 7. The van der Waals surface area contributed by atoms with Crippen LogP contribution in [0.25, 0.3) is 50.5 Å². The van der Waals surface area contributed by atoms with Crippen molar-refractivity contribution in [2.45, 2.75) is 25.9 Å². The van der Waals surface area contributed by atoms with Gasteiger partial charge in [0.2, 0.25) is 0 Å². The van der Waals surface area contributed by atoms with E-state index in [0.717, 1.165) is 64.9 Å². The van der Waals surface area contributed by atoms with E-state index >= 15 is 0 Å². The van der Waals surface area contributed by atoms with Gasteiger partial charge in [-0.1, -0.05) is 0 Å². The molecule has 0 aliphatic carbocycles. The smallest absolute Gasteiger partial charge is 0.166 e. The molecule has 0 unspecified atom stereocenters. The van der Waals surface area contributed by atoms with Crippen LogP contribution in [0.1, 0.15) is 18.5 Å². The van der Waals surface area contributed by atoms with Crippen LogP contribution in [0.4, 0.5) is 0 Å². The van der Waals surface area contributed by atoms with Gasteiger partial charge < -0.3 is 15.0 Å². The number of ether oxygens (including phenoxy) is 1. The fraction of sp³-hybridized carbons (Fsp3) is 0.231. The Kier molecular flexibility index (Phi) is 5.14. The molecule has 184 valence electrons. The lowest BCUT2D eigenvalue weighted by Crippen LogP contribution is -2.34. The Morgan fingerprint density at radius 2 is 1.92 bits per heavy atom. The number of aromatic amines is 2. The van der Waals surface area contributed by atoms with Gasteiger partial charge in [-0.25, -0.2) is 19.9 Å². The van der Waals surface area contributed by atoms with Gasteiger partial charge in [0.05, 0.1) is 22.8 Å². The van der Waals surface area contributed by atoms with Crippen LogP contribution in [-0.4, -0.2) is 63.9 Å². The number of pyridine rings is 3. The van der Waals surface area contributed by atoms with Crippen molar-refractivity contribution in [3.8, 4) is 34.2 Å². The van der Waals surface area contributed by atoms with Crippen LogP contribution in [0.3, 0.4) is 0 Å². The molecule has 37 heavy (non-hydrogen) atoms. The molecule has 0 bridgehead atoms. The van der Waals surface area contributed by atoms with Gasteiger partial charge in [0, 0.05) is 35.9 Å². The topological polar surface area (TPSA) is 135 Å². The van der Waals surface area contributed by atoms with E-state index in [1.165, 1.54) is 0 Å². The normalized spacial score (nSPS) is 14.5. The van der Waals surface area contributed by atoms with Gasteiger partial charge in [-0.2, -0.15) is 5.10 Å². The number of fused-ring (bicyclic) bond motifs is 2. The molecule has 0 amide bonds. The summed E-state index contributed by atoms with van der Waals surface area (Å²) in [6, 6.07) is 5.97. The fourth-order valence-corrected chi connectivity index (χ4v) is 4.75. The average Bonchev–Trinajstić information content (AvgIpc) is 3.66.